The second-order valence-electron chi connectivity index (χ2n) is 4.11. The van der Waals surface area contributed by atoms with Crippen molar-refractivity contribution in [3.8, 4) is 5.75 Å². The van der Waals surface area contributed by atoms with Gasteiger partial charge in [-0.2, -0.15) is 0 Å². The molecule has 0 radical (unpaired) electrons. The van der Waals surface area contributed by atoms with Crippen LogP contribution in [0.5, 0.6) is 5.75 Å². The standard InChI is InChI=1S/C13H20N2O2S/c1-10(7-14)8-15-13(16)9-18-12-5-3-11(17-2)4-6-12/h3-6,10H,7-9,14H2,1-2H3,(H,15,16). The first kappa shape index (κ1) is 14.9. The predicted molar refractivity (Wildman–Crippen MR) is 74.9 cm³/mol. The molecule has 3 N–H and O–H groups in total. The van der Waals surface area contributed by atoms with E-state index in [0.29, 0.717) is 24.8 Å². The van der Waals surface area contributed by atoms with E-state index in [2.05, 4.69) is 5.32 Å². The minimum Gasteiger partial charge on any atom is -0.497 e. The molecule has 0 saturated heterocycles. The molecule has 0 saturated carbocycles. The van der Waals surface area contributed by atoms with Crippen LogP contribution < -0.4 is 15.8 Å². The normalized spacial score (nSPS) is 11.9. The molecule has 1 amide bonds. The molecule has 1 unspecified atom stereocenters. The quantitative estimate of drug-likeness (QED) is 0.736. The highest BCUT2D eigenvalue weighted by Gasteiger charge is 2.05. The zero-order chi connectivity index (χ0) is 13.4. The van der Waals surface area contributed by atoms with Gasteiger partial charge in [0.1, 0.15) is 5.75 Å². The maximum Gasteiger partial charge on any atom is 0.230 e. The zero-order valence-corrected chi connectivity index (χ0v) is 11.6. The number of carbonyl (C=O) groups excluding carboxylic acids is 1. The molecule has 1 rings (SSSR count). The van der Waals surface area contributed by atoms with Gasteiger partial charge in [-0.15, -0.1) is 11.8 Å². The molecule has 0 aliphatic carbocycles. The van der Waals surface area contributed by atoms with Crippen LogP contribution in [0.2, 0.25) is 0 Å². The van der Waals surface area contributed by atoms with Crippen molar-refractivity contribution in [3.05, 3.63) is 24.3 Å². The number of rotatable bonds is 7. The van der Waals surface area contributed by atoms with Crippen LogP contribution in [0.1, 0.15) is 6.92 Å². The second-order valence-corrected chi connectivity index (χ2v) is 5.16. The molecule has 1 aromatic carbocycles. The Bertz CT molecular complexity index is 368. The molecule has 1 atom stereocenters. The first-order valence-electron chi connectivity index (χ1n) is 5.89. The van der Waals surface area contributed by atoms with E-state index < -0.39 is 0 Å². The number of thioether (sulfide) groups is 1. The molecule has 4 nitrogen and oxygen atoms in total. The molecule has 0 aliphatic rings. The van der Waals surface area contributed by atoms with E-state index >= 15 is 0 Å². The molecular formula is C13H20N2O2S. The van der Waals surface area contributed by atoms with Crippen molar-refractivity contribution < 1.29 is 9.53 Å². The van der Waals surface area contributed by atoms with E-state index in [-0.39, 0.29) is 5.91 Å². The summed E-state index contributed by atoms with van der Waals surface area (Å²) in [5.41, 5.74) is 5.48. The summed E-state index contributed by atoms with van der Waals surface area (Å²) in [6.45, 7) is 3.24. The van der Waals surface area contributed by atoms with Crippen LogP contribution in [0.15, 0.2) is 29.2 Å². The maximum absolute atomic E-state index is 11.6. The van der Waals surface area contributed by atoms with E-state index in [4.69, 9.17) is 10.5 Å². The number of hydrogen-bond donors (Lipinski definition) is 2. The van der Waals surface area contributed by atoms with Gasteiger partial charge >= 0.3 is 0 Å². The second kappa shape index (κ2) is 8.00. The number of hydrogen-bond acceptors (Lipinski definition) is 4. The Labute approximate surface area is 112 Å². The number of nitrogens with one attached hydrogen (secondary N) is 1. The van der Waals surface area contributed by atoms with E-state index in [1.807, 2.05) is 31.2 Å². The highest BCUT2D eigenvalue weighted by molar-refractivity contribution is 8.00. The predicted octanol–water partition coefficient (Wildman–Crippen LogP) is 1.50. The van der Waals surface area contributed by atoms with Gasteiger partial charge < -0.3 is 15.8 Å². The van der Waals surface area contributed by atoms with Crippen LogP contribution in [-0.4, -0.2) is 31.9 Å². The molecule has 0 fully saturated rings. The van der Waals surface area contributed by atoms with Crippen LogP contribution in [0, 0.1) is 5.92 Å². The third-order valence-corrected chi connectivity index (χ3v) is 3.49. The van der Waals surface area contributed by atoms with Crippen molar-refractivity contribution >= 4 is 17.7 Å². The number of amides is 1. The lowest BCUT2D eigenvalue weighted by molar-refractivity contribution is -0.118. The monoisotopic (exact) mass is 268 g/mol. The van der Waals surface area contributed by atoms with E-state index in [1.54, 1.807) is 7.11 Å². The number of ether oxygens (including phenoxy) is 1. The molecule has 0 heterocycles. The summed E-state index contributed by atoms with van der Waals surface area (Å²) >= 11 is 1.51. The van der Waals surface area contributed by atoms with Crippen molar-refractivity contribution in [2.24, 2.45) is 11.7 Å². The van der Waals surface area contributed by atoms with Crippen molar-refractivity contribution in [3.63, 3.8) is 0 Å². The Morgan fingerprint density at radius 2 is 2.11 bits per heavy atom. The van der Waals surface area contributed by atoms with E-state index in [1.165, 1.54) is 11.8 Å². The van der Waals surface area contributed by atoms with Crippen molar-refractivity contribution in [2.45, 2.75) is 11.8 Å². The lowest BCUT2D eigenvalue weighted by atomic mass is 10.2. The average Bonchev–Trinajstić information content (AvgIpc) is 2.42. The van der Waals surface area contributed by atoms with Gasteiger partial charge in [-0.1, -0.05) is 6.92 Å². The average molecular weight is 268 g/mol. The van der Waals surface area contributed by atoms with Crippen molar-refractivity contribution in [1.82, 2.24) is 5.32 Å². The summed E-state index contributed by atoms with van der Waals surface area (Å²) in [4.78, 5) is 12.6. The van der Waals surface area contributed by atoms with E-state index in [9.17, 15) is 4.79 Å². The minimum atomic E-state index is 0.0381. The number of methoxy groups -OCH3 is 1. The maximum atomic E-state index is 11.6. The van der Waals surface area contributed by atoms with Crippen LogP contribution in [0.3, 0.4) is 0 Å². The summed E-state index contributed by atoms with van der Waals surface area (Å²) in [6.07, 6.45) is 0. The summed E-state index contributed by atoms with van der Waals surface area (Å²) < 4.78 is 5.07. The van der Waals surface area contributed by atoms with Crippen LogP contribution in [0.4, 0.5) is 0 Å². The number of carbonyl (C=O) groups is 1. The molecule has 5 heteroatoms. The third kappa shape index (κ3) is 5.42. The number of nitrogens with two attached hydrogens (primary N) is 1. The van der Waals surface area contributed by atoms with Gasteiger partial charge in [-0.05, 0) is 36.7 Å². The van der Waals surface area contributed by atoms with Crippen LogP contribution in [0.25, 0.3) is 0 Å². The first-order chi connectivity index (χ1) is 8.65. The van der Waals surface area contributed by atoms with Gasteiger partial charge in [0.25, 0.3) is 0 Å². The van der Waals surface area contributed by atoms with Gasteiger partial charge in [0.2, 0.25) is 5.91 Å². The summed E-state index contributed by atoms with van der Waals surface area (Å²) in [6, 6.07) is 7.66. The van der Waals surface area contributed by atoms with Crippen molar-refractivity contribution in [1.29, 1.82) is 0 Å². The molecular weight excluding hydrogens is 248 g/mol. The van der Waals surface area contributed by atoms with E-state index in [0.717, 1.165) is 10.6 Å². The summed E-state index contributed by atoms with van der Waals surface area (Å²) in [5.74, 6) is 1.60. The van der Waals surface area contributed by atoms with Crippen LogP contribution >= 0.6 is 11.8 Å². The fourth-order valence-corrected chi connectivity index (χ4v) is 1.97. The fourth-order valence-electron chi connectivity index (χ4n) is 1.24. The number of benzene rings is 1. The van der Waals surface area contributed by atoms with Crippen molar-refractivity contribution in [2.75, 3.05) is 26.0 Å². The Hall–Kier alpha value is -1.20. The van der Waals surface area contributed by atoms with Gasteiger partial charge in [0.05, 0.1) is 12.9 Å². The molecule has 0 aliphatic heterocycles. The Balaban J connectivity index is 2.29. The SMILES string of the molecule is COc1ccc(SCC(=O)NCC(C)CN)cc1. The molecule has 0 aromatic heterocycles. The minimum absolute atomic E-state index is 0.0381. The first-order valence-corrected chi connectivity index (χ1v) is 6.88. The molecule has 1 aromatic rings. The molecule has 0 bridgehead atoms. The topological polar surface area (TPSA) is 64.3 Å². The van der Waals surface area contributed by atoms with Crippen LogP contribution in [-0.2, 0) is 4.79 Å². The Morgan fingerprint density at radius 3 is 2.67 bits per heavy atom. The highest BCUT2D eigenvalue weighted by Crippen LogP contribution is 2.20. The highest BCUT2D eigenvalue weighted by atomic mass is 32.2. The lowest BCUT2D eigenvalue weighted by Gasteiger charge is -2.09. The molecule has 0 spiro atoms. The Morgan fingerprint density at radius 1 is 1.44 bits per heavy atom. The lowest BCUT2D eigenvalue weighted by Crippen LogP contribution is -2.32. The fraction of sp³-hybridized carbons (Fsp3) is 0.462. The molecule has 100 valence electrons. The molecule has 18 heavy (non-hydrogen) atoms. The van der Waals surface area contributed by atoms with Gasteiger partial charge in [0.15, 0.2) is 0 Å². The third-order valence-electron chi connectivity index (χ3n) is 2.48. The largest absolute Gasteiger partial charge is 0.497 e. The summed E-state index contributed by atoms with van der Waals surface area (Å²) in [7, 11) is 1.63. The Kier molecular flexibility index (Phi) is 6.60. The smallest absolute Gasteiger partial charge is 0.230 e. The van der Waals surface area contributed by atoms with Gasteiger partial charge in [-0.25, -0.2) is 0 Å². The van der Waals surface area contributed by atoms with Gasteiger partial charge in [-0.3, -0.25) is 4.79 Å². The summed E-state index contributed by atoms with van der Waals surface area (Å²) in [5, 5.41) is 2.86. The van der Waals surface area contributed by atoms with Gasteiger partial charge in [0, 0.05) is 11.4 Å². The zero-order valence-electron chi connectivity index (χ0n) is 10.8.